The zero-order chi connectivity index (χ0) is 17.0. The SMILES string of the molecule is CC1(CN)CCN(Cc2cc(Br)ccc2OCc2ccccn2)C1.Cl. The molecule has 136 valence electrons. The molecule has 6 heteroatoms. The first-order valence-electron chi connectivity index (χ1n) is 8.31. The zero-order valence-electron chi connectivity index (χ0n) is 14.5. The summed E-state index contributed by atoms with van der Waals surface area (Å²) in [6.07, 6.45) is 2.95. The number of benzene rings is 1. The van der Waals surface area contributed by atoms with E-state index in [1.165, 1.54) is 5.56 Å². The van der Waals surface area contributed by atoms with Crippen LogP contribution in [0.5, 0.6) is 5.75 Å². The molecule has 1 aromatic carbocycles. The Labute approximate surface area is 164 Å². The number of pyridine rings is 1. The molecule has 4 nitrogen and oxygen atoms in total. The van der Waals surface area contributed by atoms with Crippen molar-refractivity contribution in [1.29, 1.82) is 0 Å². The number of rotatable bonds is 6. The molecule has 1 aliphatic heterocycles. The van der Waals surface area contributed by atoms with Crippen molar-refractivity contribution in [2.45, 2.75) is 26.5 Å². The van der Waals surface area contributed by atoms with Gasteiger partial charge in [-0.3, -0.25) is 9.88 Å². The van der Waals surface area contributed by atoms with E-state index in [2.05, 4.69) is 38.8 Å². The summed E-state index contributed by atoms with van der Waals surface area (Å²) in [6.45, 7) is 6.50. The largest absolute Gasteiger partial charge is 0.487 e. The fourth-order valence-electron chi connectivity index (χ4n) is 3.12. The molecule has 2 N–H and O–H groups in total. The number of aromatic nitrogens is 1. The highest BCUT2D eigenvalue weighted by Gasteiger charge is 2.32. The summed E-state index contributed by atoms with van der Waals surface area (Å²) in [5.41, 5.74) is 8.29. The van der Waals surface area contributed by atoms with Gasteiger partial charge in [-0.15, -0.1) is 12.4 Å². The first-order valence-corrected chi connectivity index (χ1v) is 9.11. The Balaban J connectivity index is 0.00000225. The number of nitrogens with two attached hydrogens (primary N) is 1. The van der Waals surface area contributed by atoms with E-state index in [0.717, 1.165) is 48.5 Å². The number of hydrogen-bond donors (Lipinski definition) is 1. The second-order valence-corrected chi connectivity index (χ2v) is 7.75. The van der Waals surface area contributed by atoms with E-state index in [1.54, 1.807) is 6.20 Å². The second kappa shape index (κ2) is 8.99. The van der Waals surface area contributed by atoms with Crippen LogP contribution in [0, 0.1) is 5.41 Å². The molecule has 2 heterocycles. The number of likely N-dealkylation sites (tertiary alicyclic amines) is 1. The van der Waals surface area contributed by atoms with Gasteiger partial charge in [0, 0.05) is 29.3 Å². The normalized spacial score (nSPS) is 20.3. The Morgan fingerprint density at radius 1 is 1.32 bits per heavy atom. The predicted molar refractivity (Wildman–Crippen MR) is 107 cm³/mol. The quantitative estimate of drug-likeness (QED) is 0.758. The lowest BCUT2D eigenvalue weighted by Gasteiger charge is -2.23. The van der Waals surface area contributed by atoms with Crippen LogP contribution >= 0.6 is 28.3 Å². The highest BCUT2D eigenvalue weighted by atomic mass is 79.9. The van der Waals surface area contributed by atoms with Gasteiger partial charge in [-0.1, -0.05) is 28.9 Å². The smallest absolute Gasteiger partial charge is 0.130 e. The van der Waals surface area contributed by atoms with E-state index in [1.807, 2.05) is 30.3 Å². The maximum Gasteiger partial charge on any atom is 0.130 e. The van der Waals surface area contributed by atoms with Gasteiger partial charge in [0.2, 0.25) is 0 Å². The van der Waals surface area contributed by atoms with E-state index in [9.17, 15) is 0 Å². The molecule has 0 spiro atoms. The van der Waals surface area contributed by atoms with Crippen molar-refractivity contribution in [3.05, 3.63) is 58.3 Å². The van der Waals surface area contributed by atoms with E-state index >= 15 is 0 Å². The molecule has 2 aromatic rings. The average molecular weight is 427 g/mol. The minimum Gasteiger partial charge on any atom is -0.487 e. The summed E-state index contributed by atoms with van der Waals surface area (Å²) in [6, 6.07) is 12.1. The van der Waals surface area contributed by atoms with E-state index in [-0.39, 0.29) is 17.8 Å². The third-order valence-electron chi connectivity index (χ3n) is 4.65. The Morgan fingerprint density at radius 3 is 2.84 bits per heavy atom. The summed E-state index contributed by atoms with van der Waals surface area (Å²) >= 11 is 3.57. The lowest BCUT2D eigenvalue weighted by atomic mass is 9.90. The third kappa shape index (κ3) is 5.42. The van der Waals surface area contributed by atoms with Gasteiger partial charge in [-0.25, -0.2) is 0 Å². The minimum absolute atomic E-state index is 0. The monoisotopic (exact) mass is 425 g/mol. The molecular formula is C19H25BrClN3O. The maximum atomic E-state index is 6.03. The molecule has 0 amide bonds. The van der Waals surface area contributed by atoms with Crippen molar-refractivity contribution in [3.8, 4) is 5.75 Å². The van der Waals surface area contributed by atoms with Crippen molar-refractivity contribution in [2.75, 3.05) is 19.6 Å². The van der Waals surface area contributed by atoms with Crippen LogP contribution in [0.25, 0.3) is 0 Å². The molecule has 0 aliphatic carbocycles. The molecule has 3 rings (SSSR count). The standard InChI is InChI=1S/C19H24BrN3O.ClH/c1-19(13-21)7-9-23(14-19)11-15-10-16(20)5-6-18(15)24-12-17-4-2-3-8-22-17;/h2-6,8,10H,7,9,11-14,21H2,1H3;1H. The highest BCUT2D eigenvalue weighted by Crippen LogP contribution is 2.32. The number of halogens is 2. The Hall–Kier alpha value is -1.14. The fraction of sp³-hybridized carbons (Fsp3) is 0.421. The van der Waals surface area contributed by atoms with Gasteiger partial charge in [-0.2, -0.15) is 0 Å². The number of hydrogen-bond acceptors (Lipinski definition) is 4. The van der Waals surface area contributed by atoms with Gasteiger partial charge in [0.25, 0.3) is 0 Å². The second-order valence-electron chi connectivity index (χ2n) is 6.84. The topological polar surface area (TPSA) is 51.4 Å². The van der Waals surface area contributed by atoms with Crippen LogP contribution in [0.15, 0.2) is 47.1 Å². The van der Waals surface area contributed by atoms with E-state index in [0.29, 0.717) is 6.61 Å². The summed E-state index contributed by atoms with van der Waals surface area (Å²) in [5, 5.41) is 0. The minimum atomic E-state index is 0. The third-order valence-corrected chi connectivity index (χ3v) is 5.14. The zero-order valence-corrected chi connectivity index (χ0v) is 16.9. The molecule has 1 saturated heterocycles. The van der Waals surface area contributed by atoms with Crippen molar-refractivity contribution in [2.24, 2.45) is 11.1 Å². The molecule has 1 atom stereocenters. The van der Waals surface area contributed by atoms with Gasteiger partial charge >= 0.3 is 0 Å². The van der Waals surface area contributed by atoms with Crippen LogP contribution in [0.2, 0.25) is 0 Å². The van der Waals surface area contributed by atoms with Crippen LogP contribution < -0.4 is 10.5 Å². The Morgan fingerprint density at radius 2 is 2.16 bits per heavy atom. The van der Waals surface area contributed by atoms with Crippen LogP contribution in [0.4, 0.5) is 0 Å². The van der Waals surface area contributed by atoms with Gasteiger partial charge in [0.05, 0.1) is 5.69 Å². The van der Waals surface area contributed by atoms with Gasteiger partial charge < -0.3 is 10.5 Å². The summed E-state index contributed by atoms with van der Waals surface area (Å²) in [7, 11) is 0. The molecule has 1 aliphatic rings. The van der Waals surface area contributed by atoms with Crippen molar-refractivity contribution in [3.63, 3.8) is 0 Å². The van der Waals surface area contributed by atoms with Crippen molar-refractivity contribution in [1.82, 2.24) is 9.88 Å². The Kier molecular flexibility index (Phi) is 7.25. The van der Waals surface area contributed by atoms with E-state index in [4.69, 9.17) is 10.5 Å². The molecule has 0 saturated carbocycles. The number of nitrogens with zero attached hydrogens (tertiary/aromatic N) is 2. The van der Waals surface area contributed by atoms with Crippen LogP contribution in [-0.2, 0) is 13.2 Å². The van der Waals surface area contributed by atoms with E-state index < -0.39 is 0 Å². The maximum absolute atomic E-state index is 6.03. The summed E-state index contributed by atoms with van der Waals surface area (Å²) in [4.78, 5) is 6.78. The molecule has 0 bridgehead atoms. The molecule has 25 heavy (non-hydrogen) atoms. The van der Waals surface area contributed by atoms with Gasteiger partial charge in [-0.05, 0) is 55.3 Å². The van der Waals surface area contributed by atoms with Crippen molar-refractivity contribution >= 4 is 28.3 Å². The average Bonchev–Trinajstić information content (AvgIpc) is 2.97. The van der Waals surface area contributed by atoms with Gasteiger partial charge in [0.1, 0.15) is 12.4 Å². The van der Waals surface area contributed by atoms with Crippen molar-refractivity contribution < 1.29 is 4.74 Å². The molecule has 1 fully saturated rings. The predicted octanol–water partition coefficient (Wildman–Crippen LogP) is 4.02. The molecule has 1 unspecified atom stereocenters. The summed E-state index contributed by atoms with van der Waals surface area (Å²) < 4.78 is 7.10. The fourth-order valence-corrected chi connectivity index (χ4v) is 3.52. The highest BCUT2D eigenvalue weighted by molar-refractivity contribution is 9.10. The van der Waals surface area contributed by atoms with Crippen LogP contribution in [-0.4, -0.2) is 29.5 Å². The van der Waals surface area contributed by atoms with Crippen LogP contribution in [0.1, 0.15) is 24.6 Å². The first-order chi connectivity index (χ1) is 11.6. The lowest BCUT2D eigenvalue weighted by molar-refractivity contribution is 0.260. The summed E-state index contributed by atoms with van der Waals surface area (Å²) in [5.74, 6) is 0.921. The van der Waals surface area contributed by atoms with Gasteiger partial charge in [0.15, 0.2) is 0 Å². The first kappa shape index (κ1) is 20.2. The van der Waals surface area contributed by atoms with Crippen LogP contribution in [0.3, 0.4) is 0 Å². The number of ether oxygens (including phenoxy) is 1. The molecule has 0 radical (unpaired) electrons. The molecular weight excluding hydrogens is 402 g/mol. The Bertz CT molecular complexity index is 686. The molecule has 1 aromatic heterocycles. The lowest BCUT2D eigenvalue weighted by Crippen LogP contribution is -2.31.